The number of hydrogen-bond acceptors (Lipinski definition) is 5. The van der Waals surface area contributed by atoms with Crippen molar-refractivity contribution in [3.63, 3.8) is 0 Å². The first-order valence-corrected chi connectivity index (χ1v) is 8.67. The molecule has 0 atom stereocenters. The van der Waals surface area contributed by atoms with Gasteiger partial charge in [-0.05, 0) is 31.0 Å². The maximum absolute atomic E-state index is 11.6. The number of aromatic nitrogens is 3. The second-order valence-corrected chi connectivity index (χ2v) is 6.21. The quantitative estimate of drug-likeness (QED) is 0.708. The van der Waals surface area contributed by atoms with Crippen molar-refractivity contribution < 1.29 is 14.3 Å². The number of methoxy groups -OCH3 is 1. The Morgan fingerprint density at radius 3 is 2.92 bits per heavy atom. The van der Waals surface area contributed by atoms with Crippen LogP contribution in [0, 0.1) is 0 Å². The van der Waals surface area contributed by atoms with Gasteiger partial charge >= 0.3 is 0 Å². The van der Waals surface area contributed by atoms with Gasteiger partial charge in [-0.15, -0.1) is 0 Å². The summed E-state index contributed by atoms with van der Waals surface area (Å²) in [6.07, 6.45) is 6.36. The van der Waals surface area contributed by atoms with Crippen molar-refractivity contribution in [2.75, 3.05) is 12.4 Å². The lowest BCUT2D eigenvalue weighted by Crippen LogP contribution is -2.10. The predicted molar refractivity (Wildman–Crippen MR) is 98.4 cm³/mol. The molecule has 26 heavy (non-hydrogen) atoms. The minimum absolute atomic E-state index is 0.0716. The third-order valence-electron chi connectivity index (χ3n) is 4.29. The van der Waals surface area contributed by atoms with Crippen LogP contribution in [0.3, 0.4) is 0 Å². The summed E-state index contributed by atoms with van der Waals surface area (Å²) in [5, 5.41) is 3.68. The van der Waals surface area contributed by atoms with Gasteiger partial charge in [-0.3, -0.25) is 4.79 Å². The number of amides is 1. The molecular formula is C19H20N4O3. The van der Waals surface area contributed by atoms with E-state index < -0.39 is 0 Å². The zero-order chi connectivity index (χ0) is 18.1. The van der Waals surface area contributed by atoms with Crippen LogP contribution in [0.5, 0.6) is 11.6 Å². The zero-order valence-corrected chi connectivity index (χ0v) is 14.7. The molecular weight excluding hydrogens is 332 g/mol. The van der Waals surface area contributed by atoms with E-state index in [0.717, 1.165) is 35.1 Å². The number of fused-ring (bicyclic) bond motifs is 1. The van der Waals surface area contributed by atoms with Crippen LogP contribution in [-0.2, 0) is 4.79 Å². The Bertz CT molecular complexity index is 963. The maximum atomic E-state index is 11.6. The average molecular weight is 352 g/mol. The third-order valence-corrected chi connectivity index (χ3v) is 4.29. The van der Waals surface area contributed by atoms with Crippen LogP contribution >= 0.6 is 0 Å². The molecule has 3 aromatic rings. The normalized spacial score (nSPS) is 13.6. The van der Waals surface area contributed by atoms with Crippen LogP contribution in [0.15, 0.2) is 30.6 Å². The topological polar surface area (TPSA) is 89.1 Å². The van der Waals surface area contributed by atoms with Crippen molar-refractivity contribution in [1.82, 2.24) is 15.0 Å². The third kappa shape index (κ3) is 3.08. The number of nitrogens with one attached hydrogen (secondary N) is 2. The molecule has 1 aliphatic rings. The van der Waals surface area contributed by atoms with Gasteiger partial charge in [0, 0.05) is 29.8 Å². The lowest BCUT2D eigenvalue weighted by Gasteiger charge is -2.13. The van der Waals surface area contributed by atoms with Gasteiger partial charge in [0.25, 0.3) is 0 Å². The number of carbonyl (C=O) groups excluding carboxylic acids is 1. The monoisotopic (exact) mass is 352 g/mol. The molecule has 0 radical (unpaired) electrons. The Morgan fingerprint density at radius 1 is 1.35 bits per heavy atom. The molecule has 4 rings (SSSR count). The summed E-state index contributed by atoms with van der Waals surface area (Å²) in [5.74, 6) is 1.71. The summed E-state index contributed by atoms with van der Waals surface area (Å²) >= 11 is 0. The van der Waals surface area contributed by atoms with Crippen LogP contribution < -0.4 is 14.8 Å². The molecule has 0 aliphatic heterocycles. The SMILES string of the molecule is CCC(=O)Nc1ccc2c(-c3c(OC4CC4)ccnc3OC)c[nH]c2n1. The van der Waals surface area contributed by atoms with Crippen molar-refractivity contribution in [2.24, 2.45) is 0 Å². The van der Waals surface area contributed by atoms with Gasteiger partial charge in [0.15, 0.2) is 0 Å². The van der Waals surface area contributed by atoms with E-state index in [1.54, 1.807) is 26.3 Å². The lowest BCUT2D eigenvalue weighted by molar-refractivity contribution is -0.115. The first-order chi connectivity index (χ1) is 12.7. The lowest BCUT2D eigenvalue weighted by atomic mass is 10.1. The van der Waals surface area contributed by atoms with E-state index in [-0.39, 0.29) is 12.0 Å². The number of anilines is 1. The summed E-state index contributed by atoms with van der Waals surface area (Å²) in [7, 11) is 1.60. The van der Waals surface area contributed by atoms with Gasteiger partial charge < -0.3 is 19.8 Å². The number of H-pyrrole nitrogens is 1. The molecule has 0 aromatic carbocycles. The number of pyridine rings is 2. The first-order valence-electron chi connectivity index (χ1n) is 8.67. The van der Waals surface area contributed by atoms with E-state index in [2.05, 4.69) is 20.3 Å². The number of carbonyl (C=O) groups is 1. The number of rotatable bonds is 6. The summed E-state index contributed by atoms with van der Waals surface area (Å²) in [6.45, 7) is 1.80. The highest BCUT2D eigenvalue weighted by atomic mass is 16.5. The molecule has 0 bridgehead atoms. The Balaban J connectivity index is 1.78. The highest BCUT2D eigenvalue weighted by Crippen LogP contribution is 2.42. The molecule has 7 heteroatoms. The van der Waals surface area contributed by atoms with Crippen LogP contribution in [0.1, 0.15) is 26.2 Å². The van der Waals surface area contributed by atoms with Gasteiger partial charge in [0.05, 0.1) is 18.8 Å². The predicted octanol–water partition coefficient (Wildman–Crippen LogP) is 3.52. The Hall–Kier alpha value is -3.09. The van der Waals surface area contributed by atoms with Crippen molar-refractivity contribution in [1.29, 1.82) is 0 Å². The van der Waals surface area contributed by atoms with Gasteiger partial charge in [-0.1, -0.05) is 6.92 Å². The number of nitrogens with zero attached hydrogens (tertiary/aromatic N) is 2. The smallest absolute Gasteiger partial charge is 0.225 e. The van der Waals surface area contributed by atoms with Gasteiger partial charge in [-0.25, -0.2) is 9.97 Å². The molecule has 2 N–H and O–H groups in total. The van der Waals surface area contributed by atoms with Gasteiger partial charge in [-0.2, -0.15) is 0 Å². The standard InChI is InChI=1S/C19H20N4O3/c1-3-16(24)22-15-7-6-12-13(10-21-18(12)23-15)17-14(26-11-4-5-11)8-9-20-19(17)25-2/h6-11H,3-5H2,1-2H3,(H2,21,22,23,24). The van der Waals surface area contributed by atoms with Crippen LogP contribution in [0.4, 0.5) is 5.82 Å². The summed E-state index contributed by atoms with van der Waals surface area (Å²) in [6, 6.07) is 5.57. The molecule has 1 aliphatic carbocycles. The van der Waals surface area contributed by atoms with Gasteiger partial charge in [0.2, 0.25) is 11.8 Å². The average Bonchev–Trinajstić information content (AvgIpc) is 3.38. The van der Waals surface area contributed by atoms with Crippen molar-refractivity contribution in [3.8, 4) is 22.8 Å². The van der Waals surface area contributed by atoms with Crippen molar-refractivity contribution >= 4 is 22.8 Å². The highest BCUT2D eigenvalue weighted by Gasteiger charge is 2.27. The molecule has 0 saturated heterocycles. The zero-order valence-electron chi connectivity index (χ0n) is 14.7. The Kier molecular flexibility index (Phi) is 4.20. The second-order valence-electron chi connectivity index (χ2n) is 6.21. The highest BCUT2D eigenvalue weighted by molar-refractivity contribution is 5.98. The maximum Gasteiger partial charge on any atom is 0.225 e. The fourth-order valence-electron chi connectivity index (χ4n) is 2.80. The molecule has 1 saturated carbocycles. The van der Waals surface area contributed by atoms with Crippen molar-refractivity contribution in [2.45, 2.75) is 32.3 Å². The number of ether oxygens (including phenoxy) is 2. The van der Waals surface area contributed by atoms with Crippen molar-refractivity contribution in [3.05, 3.63) is 30.6 Å². The number of aromatic amines is 1. The number of hydrogen-bond donors (Lipinski definition) is 2. The van der Waals surface area contributed by atoms with E-state index in [1.807, 2.05) is 18.3 Å². The van der Waals surface area contributed by atoms with E-state index in [4.69, 9.17) is 9.47 Å². The van der Waals surface area contributed by atoms with Crippen LogP contribution in [-0.4, -0.2) is 34.1 Å². The van der Waals surface area contributed by atoms with E-state index in [9.17, 15) is 4.79 Å². The van der Waals surface area contributed by atoms with Crippen LogP contribution in [0.25, 0.3) is 22.2 Å². The fraction of sp³-hybridized carbons (Fsp3) is 0.316. The molecule has 0 spiro atoms. The molecule has 3 heterocycles. The Morgan fingerprint density at radius 2 is 2.19 bits per heavy atom. The second kappa shape index (κ2) is 6.67. The largest absolute Gasteiger partial charge is 0.490 e. The summed E-state index contributed by atoms with van der Waals surface area (Å²) < 4.78 is 11.5. The van der Waals surface area contributed by atoms with Gasteiger partial charge in [0.1, 0.15) is 17.2 Å². The molecule has 3 aromatic heterocycles. The van der Waals surface area contributed by atoms with Crippen LogP contribution in [0.2, 0.25) is 0 Å². The van der Waals surface area contributed by atoms with E-state index in [0.29, 0.717) is 23.8 Å². The first kappa shape index (κ1) is 16.4. The molecule has 7 nitrogen and oxygen atoms in total. The molecule has 1 amide bonds. The van der Waals surface area contributed by atoms with E-state index in [1.165, 1.54) is 0 Å². The minimum Gasteiger partial charge on any atom is -0.490 e. The molecule has 0 unspecified atom stereocenters. The Labute approximate surface area is 150 Å². The molecule has 134 valence electrons. The van der Waals surface area contributed by atoms with E-state index >= 15 is 0 Å². The minimum atomic E-state index is -0.0716. The summed E-state index contributed by atoms with van der Waals surface area (Å²) in [4.78, 5) is 23.5. The molecule has 1 fully saturated rings. The fourth-order valence-corrected chi connectivity index (χ4v) is 2.80. The summed E-state index contributed by atoms with van der Waals surface area (Å²) in [5.41, 5.74) is 2.39.